The fourth-order valence-corrected chi connectivity index (χ4v) is 2.32. The van der Waals surface area contributed by atoms with Gasteiger partial charge >= 0.3 is 0 Å². The van der Waals surface area contributed by atoms with E-state index < -0.39 is 6.04 Å². The fourth-order valence-electron chi connectivity index (χ4n) is 2.32. The first-order chi connectivity index (χ1) is 9.19. The van der Waals surface area contributed by atoms with Gasteiger partial charge in [-0.3, -0.25) is 9.59 Å². The number of Topliss-reactive ketones (excluding diaryl/α,β-unsaturated/α-hetero) is 1. The molecule has 2 atom stereocenters. The molecule has 0 bridgehead atoms. The number of rotatable bonds is 5. The van der Waals surface area contributed by atoms with Crippen molar-refractivity contribution in [3.05, 3.63) is 18.2 Å². The average Bonchev–Trinajstić information content (AvgIpc) is 2.90. The van der Waals surface area contributed by atoms with Gasteiger partial charge in [0.2, 0.25) is 5.91 Å². The molecule has 19 heavy (non-hydrogen) atoms. The molecular weight excluding hydrogens is 246 g/mol. The van der Waals surface area contributed by atoms with Crippen LogP contribution >= 0.6 is 0 Å². The molecule has 2 N–H and O–H groups in total. The van der Waals surface area contributed by atoms with Crippen molar-refractivity contribution >= 4 is 18.0 Å². The summed E-state index contributed by atoms with van der Waals surface area (Å²) in [4.78, 5) is 41.1. The van der Waals surface area contributed by atoms with Gasteiger partial charge in [0, 0.05) is 37.1 Å². The van der Waals surface area contributed by atoms with Gasteiger partial charge in [0.15, 0.2) is 0 Å². The predicted molar refractivity (Wildman–Crippen MR) is 67.3 cm³/mol. The Morgan fingerprint density at radius 2 is 2.47 bits per heavy atom. The summed E-state index contributed by atoms with van der Waals surface area (Å²) in [5.41, 5.74) is 0.789. The number of imidazole rings is 1. The van der Waals surface area contributed by atoms with Gasteiger partial charge in [0.05, 0.1) is 12.4 Å². The summed E-state index contributed by atoms with van der Waals surface area (Å²) >= 11 is 0. The number of nitrogens with one attached hydrogen (secondary N) is 2. The van der Waals surface area contributed by atoms with Crippen molar-refractivity contribution < 1.29 is 14.4 Å². The Labute approximate surface area is 111 Å². The van der Waals surface area contributed by atoms with E-state index in [1.165, 1.54) is 6.33 Å². The van der Waals surface area contributed by atoms with Gasteiger partial charge in [-0.15, -0.1) is 0 Å². The molecule has 0 radical (unpaired) electrons. The Morgan fingerprint density at radius 1 is 1.63 bits per heavy atom. The van der Waals surface area contributed by atoms with Crippen LogP contribution in [0.4, 0.5) is 0 Å². The quantitative estimate of drug-likeness (QED) is 0.752. The van der Waals surface area contributed by atoms with Crippen LogP contribution < -0.4 is 5.32 Å². The summed E-state index contributed by atoms with van der Waals surface area (Å²) < 4.78 is 0. The van der Waals surface area contributed by atoms with Crippen molar-refractivity contribution in [2.45, 2.75) is 38.1 Å². The number of aldehydes is 1. The van der Waals surface area contributed by atoms with Crippen LogP contribution in [0.5, 0.6) is 0 Å². The zero-order valence-corrected chi connectivity index (χ0v) is 10.6. The highest BCUT2D eigenvalue weighted by Gasteiger charge is 2.27. The SMILES string of the molecule is O=C[C@H](Cc1cnc[nH]1)NC(=O)C1CCCC(=O)C1. The van der Waals surface area contributed by atoms with Gasteiger partial charge in [0.1, 0.15) is 12.1 Å². The first-order valence-corrected chi connectivity index (χ1v) is 6.43. The molecule has 102 valence electrons. The standard InChI is InChI=1S/C13H17N3O3/c17-7-11(5-10-6-14-8-15-10)16-13(19)9-2-1-3-12(18)4-9/h6-9,11H,1-5H2,(H,14,15)(H,16,19)/t9?,11-/m0/s1. The number of carbonyl (C=O) groups excluding carboxylic acids is 3. The largest absolute Gasteiger partial charge is 0.348 e. The molecule has 1 unspecified atom stereocenters. The van der Waals surface area contributed by atoms with E-state index in [4.69, 9.17) is 0 Å². The molecule has 6 nitrogen and oxygen atoms in total. The van der Waals surface area contributed by atoms with Gasteiger partial charge in [-0.25, -0.2) is 4.98 Å². The van der Waals surface area contributed by atoms with E-state index in [0.717, 1.165) is 12.1 Å². The van der Waals surface area contributed by atoms with E-state index in [-0.39, 0.29) is 17.6 Å². The Bertz CT molecular complexity index is 456. The summed E-state index contributed by atoms with van der Waals surface area (Å²) in [6.07, 6.45) is 6.57. The molecule has 1 heterocycles. The van der Waals surface area contributed by atoms with Gasteiger partial charge in [-0.2, -0.15) is 0 Å². The number of hydrogen-bond donors (Lipinski definition) is 2. The van der Waals surface area contributed by atoms with E-state index in [9.17, 15) is 14.4 Å². The molecular formula is C13H17N3O3. The highest BCUT2D eigenvalue weighted by Crippen LogP contribution is 2.21. The highest BCUT2D eigenvalue weighted by atomic mass is 16.2. The number of carbonyl (C=O) groups is 3. The topological polar surface area (TPSA) is 91.9 Å². The molecule has 1 aliphatic rings. The smallest absolute Gasteiger partial charge is 0.224 e. The molecule has 0 aliphatic heterocycles. The van der Waals surface area contributed by atoms with E-state index in [1.807, 2.05) is 0 Å². The molecule has 0 aromatic carbocycles. The number of aromatic nitrogens is 2. The Hall–Kier alpha value is -1.98. The second kappa shape index (κ2) is 6.26. The molecule has 0 saturated heterocycles. The van der Waals surface area contributed by atoms with E-state index in [0.29, 0.717) is 32.0 Å². The maximum absolute atomic E-state index is 12.0. The molecule has 1 fully saturated rings. The van der Waals surface area contributed by atoms with E-state index >= 15 is 0 Å². The highest BCUT2D eigenvalue weighted by molar-refractivity contribution is 5.89. The van der Waals surface area contributed by atoms with Crippen LogP contribution in [0.3, 0.4) is 0 Å². The van der Waals surface area contributed by atoms with Gasteiger partial charge in [-0.05, 0) is 12.8 Å². The van der Waals surface area contributed by atoms with Crippen LogP contribution in [0.2, 0.25) is 0 Å². The van der Waals surface area contributed by atoms with Crippen LogP contribution in [0.1, 0.15) is 31.4 Å². The lowest BCUT2D eigenvalue weighted by molar-refractivity contribution is -0.132. The van der Waals surface area contributed by atoms with Crippen molar-refractivity contribution in [2.75, 3.05) is 0 Å². The number of amides is 1. The molecule has 2 rings (SSSR count). The number of nitrogens with zero attached hydrogens (tertiary/aromatic N) is 1. The van der Waals surface area contributed by atoms with Crippen molar-refractivity contribution in [3.8, 4) is 0 Å². The lowest BCUT2D eigenvalue weighted by Crippen LogP contribution is -2.42. The monoisotopic (exact) mass is 263 g/mol. The number of ketones is 1. The van der Waals surface area contributed by atoms with Crippen molar-refractivity contribution in [1.29, 1.82) is 0 Å². The van der Waals surface area contributed by atoms with Crippen LogP contribution in [-0.2, 0) is 20.8 Å². The summed E-state index contributed by atoms with van der Waals surface area (Å²) in [5, 5.41) is 2.69. The maximum atomic E-state index is 12.0. The number of hydrogen-bond acceptors (Lipinski definition) is 4. The lowest BCUT2D eigenvalue weighted by atomic mass is 9.87. The Balaban J connectivity index is 1.88. The third-order valence-electron chi connectivity index (χ3n) is 3.34. The molecule has 1 aromatic rings. The summed E-state index contributed by atoms with van der Waals surface area (Å²) in [6, 6.07) is -0.579. The lowest BCUT2D eigenvalue weighted by Gasteiger charge is -2.22. The number of H-pyrrole nitrogens is 1. The van der Waals surface area contributed by atoms with Crippen LogP contribution in [0.25, 0.3) is 0 Å². The Kier molecular flexibility index (Phi) is 4.43. The zero-order valence-electron chi connectivity index (χ0n) is 10.6. The minimum Gasteiger partial charge on any atom is -0.348 e. The third kappa shape index (κ3) is 3.74. The van der Waals surface area contributed by atoms with Gasteiger partial charge < -0.3 is 15.1 Å². The molecule has 1 amide bonds. The molecule has 6 heteroatoms. The maximum Gasteiger partial charge on any atom is 0.224 e. The van der Waals surface area contributed by atoms with Crippen LogP contribution in [-0.4, -0.2) is 34.0 Å². The minimum atomic E-state index is -0.579. The number of aromatic amines is 1. The third-order valence-corrected chi connectivity index (χ3v) is 3.34. The zero-order chi connectivity index (χ0) is 13.7. The fraction of sp³-hybridized carbons (Fsp3) is 0.538. The summed E-state index contributed by atoms with van der Waals surface area (Å²) in [6.45, 7) is 0. The van der Waals surface area contributed by atoms with E-state index in [2.05, 4.69) is 15.3 Å². The Morgan fingerprint density at radius 3 is 3.11 bits per heavy atom. The first kappa shape index (κ1) is 13.5. The van der Waals surface area contributed by atoms with E-state index in [1.54, 1.807) is 6.20 Å². The second-order valence-electron chi connectivity index (χ2n) is 4.86. The van der Waals surface area contributed by atoms with Crippen molar-refractivity contribution in [1.82, 2.24) is 15.3 Å². The molecule has 0 spiro atoms. The normalized spacial score (nSPS) is 20.8. The predicted octanol–water partition coefficient (Wildman–Crippen LogP) is 0.395. The molecule has 1 aliphatic carbocycles. The first-order valence-electron chi connectivity index (χ1n) is 6.43. The summed E-state index contributed by atoms with van der Waals surface area (Å²) in [7, 11) is 0. The second-order valence-corrected chi connectivity index (χ2v) is 4.86. The average molecular weight is 263 g/mol. The minimum absolute atomic E-state index is 0.127. The molecule has 1 saturated carbocycles. The van der Waals surface area contributed by atoms with Gasteiger partial charge in [0.25, 0.3) is 0 Å². The molecule has 1 aromatic heterocycles. The van der Waals surface area contributed by atoms with Crippen molar-refractivity contribution in [3.63, 3.8) is 0 Å². The van der Waals surface area contributed by atoms with Crippen molar-refractivity contribution in [2.24, 2.45) is 5.92 Å². The van der Waals surface area contributed by atoms with Crippen LogP contribution in [0.15, 0.2) is 12.5 Å². The van der Waals surface area contributed by atoms with Crippen LogP contribution in [0, 0.1) is 5.92 Å². The van der Waals surface area contributed by atoms with Gasteiger partial charge in [-0.1, -0.05) is 0 Å². The summed E-state index contributed by atoms with van der Waals surface area (Å²) in [5.74, 6) is -0.363.